The van der Waals surface area contributed by atoms with Gasteiger partial charge in [-0.2, -0.15) is 0 Å². The van der Waals surface area contributed by atoms with Crippen LogP contribution in [0.25, 0.3) is 0 Å². The molecule has 2 nitrogen and oxygen atoms in total. The van der Waals surface area contributed by atoms with E-state index in [0.29, 0.717) is 12.0 Å². The molecule has 2 rings (SSSR count). The Morgan fingerprint density at radius 1 is 1.33 bits per heavy atom. The van der Waals surface area contributed by atoms with Gasteiger partial charge in [-0.1, -0.05) is 23.2 Å². The minimum atomic E-state index is 0.261. The molecule has 0 bridgehead atoms. The Balaban J connectivity index is 2.12. The first-order chi connectivity index (χ1) is 8.49. The molecule has 0 aliphatic carbocycles. The van der Waals surface area contributed by atoms with Crippen molar-refractivity contribution in [3.63, 3.8) is 0 Å². The maximum atomic E-state index is 6.26. The third kappa shape index (κ3) is 3.00. The standard InChI is InChI=1S/C14H20Cl2N2/c1-9(17)11-5-6-18(8-11)10(2)13-7-12(15)3-4-14(13)16/h3-4,7,9-11H,5-6,8,17H2,1-2H3. The van der Waals surface area contributed by atoms with E-state index in [2.05, 4.69) is 18.7 Å². The molecule has 2 N–H and O–H groups in total. The van der Waals surface area contributed by atoms with Crippen molar-refractivity contribution >= 4 is 23.2 Å². The Hall–Kier alpha value is -0.280. The summed E-state index contributed by atoms with van der Waals surface area (Å²) in [6.45, 7) is 6.39. The van der Waals surface area contributed by atoms with Crippen LogP contribution in [0.1, 0.15) is 31.9 Å². The minimum absolute atomic E-state index is 0.261. The van der Waals surface area contributed by atoms with Crippen molar-refractivity contribution < 1.29 is 0 Å². The van der Waals surface area contributed by atoms with E-state index < -0.39 is 0 Å². The lowest BCUT2D eigenvalue weighted by atomic mass is 10.0. The number of benzene rings is 1. The smallest absolute Gasteiger partial charge is 0.0454 e. The highest BCUT2D eigenvalue weighted by molar-refractivity contribution is 6.33. The maximum absolute atomic E-state index is 6.26. The van der Waals surface area contributed by atoms with Crippen molar-refractivity contribution in [3.05, 3.63) is 33.8 Å². The molecule has 1 aromatic carbocycles. The van der Waals surface area contributed by atoms with Crippen LogP contribution < -0.4 is 5.73 Å². The van der Waals surface area contributed by atoms with Gasteiger partial charge in [0, 0.05) is 28.7 Å². The highest BCUT2D eigenvalue weighted by Crippen LogP contribution is 2.33. The lowest BCUT2D eigenvalue weighted by Gasteiger charge is -2.26. The average molecular weight is 287 g/mol. The molecule has 1 fully saturated rings. The van der Waals surface area contributed by atoms with Crippen LogP contribution in [0.2, 0.25) is 10.0 Å². The van der Waals surface area contributed by atoms with E-state index in [0.717, 1.165) is 28.7 Å². The fraction of sp³-hybridized carbons (Fsp3) is 0.571. The molecule has 1 heterocycles. The third-order valence-electron chi connectivity index (χ3n) is 3.96. The average Bonchev–Trinajstić information content (AvgIpc) is 2.81. The fourth-order valence-corrected chi connectivity index (χ4v) is 3.08. The summed E-state index contributed by atoms with van der Waals surface area (Å²) in [6, 6.07) is 6.22. The molecule has 0 amide bonds. The summed E-state index contributed by atoms with van der Waals surface area (Å²) in [6.07, 6.45) is 1.17. The van der Waals surface area contributed by atoms with Crippen LogP contribution in [0.5, 0.6) is 0 Å². The van der Waals surface area contributed by atoms with Gasteiger partial charge in [0.05, 0.1) is 0 Å². The van der Waals surface area contributed by atoms with Crippen molar-refractivity contribution in [1.29, 1.82) is 0 Å². The summed E-state index contributed by atoms with van der Waals surface area (Å²) in [5, 5.41) is 1.53. The van der Waals surface area contributed by atoms with E-state index in [1.807, 2.05) is 18.2 Å². The van der Waals surface area contributed by atoms with Gasteiger partial charge < -0.3 is 5.73 Å². The number of hydrogen-bond acceptors (Lipinski definition) is 2. The number of likely N-dealkylation sites (tertiary alicyclic amines) is 1. The zero-order chi connectivity index (χ0) is 13.3. The van der Waals surface area contributed by atoms with Gasteiger partial charge in [-0.25, -0.2) is 0 Å². The Kier molecular flexibility index (Phi) is 4.54. The van der Waals surface area contributed by atoms with Gasteiger partial charge in [0.25, 0.3) is 0 Å². The van der Waals surface area contributed by atoms with Crippen molar-refractivity contribution in [3.8, 4) is 0 Å². The van der Waals surface area contributed by atoms with Crippen LogP contribution in [0.4, 0.5) is 0 Å². The summed E-state index contributed by atoms with van der Waals surface area (Å²) < 4.78 is 0. The molecule has 0 spiro atoms. The number of halogens is 2. The van der Waals surface area contributed by atoms with Crippen LogP contribution in [0.3, 0.4) is 0 Å². The molecule has 3 unspecified atom stereocenters. The van der Waals surface area contributed by atoms with Gasteiger partial charge >= 0.3 is 0 Å². The molecular formula is C14H20Cl2N2. The molecule has 18 heavy (non-hydrogen) atoms. The van der Waals surface area contributed by atoms with E-state index in [9.17, 15) is 0 Å². The summed E-state index contributed by atoms with van der Waals surface area (Å²) >= 11 is 12.3. The molecule has 1 aromatic rings. The Morgan fingerprint density at radius 2 is 2.06 bits per heavy atom. The molecule has 0 aromatic heterocycles. The first-order valence-electron chi connectivity index (χ1n) is 6.43. The SMILES string of the molecule is CC(N)C1CCN(C(C)c2cc(Cl)ccc2Cl)C1. The Labute approximate surface area is 119 Å². The summed E-state index contributed by atoms with van der Waals surface area (Å²) in [7, 11) is 0. The molecule has 3 atom stereocenters. The molecule has 4 heteroatoms. The normalized spacial score (nSPS) is 24.2. The molecule has 1 aliphatic rings. The molecule has 0 saturated carbocycles. The van der Waals surface area contributed by atoms with Crippen molar-refractivity contribution in [1.82, 2.24) is 4.90 Å². The number of nitrogens with zero attached hydrogens (tertiary/aromatic N) is 1. The van der Waals surface area contributed by atoms with Crippen molar-refractivity contribution in [2.75, 3.05) is 13.1 Å². The second-order valence-corrected chi connectivity index (χ2v) is 6.09. The largest absolute Gasteiger partial charge is 0.328 e. The van der Waals surface area contributed by atoms with Gasteiger partial charge in [0.15, 0.2) is 0 Å². The summed E-state index contributed by atoms with van der Waals surface area (Å²) in [5.74, 6) is 0.588. The monoisotopic (exact) mass is 286 g/mol. The predicted molar refractivity (Wildman–Crippen MR) is 78.2 cm³/mol. The fourth-order valence-electron chi connectivity index (χ4n) is 2.63. The molecule has 100 valence electrons. The summed E-state index contributed by atoms with van der Waals surface area (Å²) in [4.78, 5) is 2.44. The second kappa shape index (κ2) is 5.79. The molecule has 0 radical (unpaired) electrons. The van der Waals surface area contributed by atoms with Crippen LogP contribution in [-0.2, 0) is 0 Å². The Bertz CT molecular complexity index is 420. The van der Waals surface area contributed by atoms with E-state index in [4.69, 9.17) is 28.9 Å². The van der Waals surface area contributed by atoms with Crippen LogP contribution in [0, 0.1) is 5.92 Å². The maximum Gasteiger partial charge on any atom is 0.0454 e. The first kappa shape index (κ1) is 14.1. The van der Waals surface area contributed by atoms with Crippen LogP contribution in [-0.4, -0.2) is 24.0 Å². The first-order valence-corrected chi connectivity index (χ1v) is 7.19. The highest BCUT2D eigenvalue weighted by atomic mass is 35.5. The number of nitrogens with two attached hydrogens (primary N) is 1. The van der Waals surface area contributed by atoms with Gasteiger partial charge in [-0.3, -0.25) is 4.90 Å². The zero-order valence-corrected chi connectivity index (χ0v) is 12.4. The van der Waals surface area contributed by atoms with Crippen LogP contribution in [0.15, 0.2) is 18.2 Å². The minimum Gasteiger partial charge on any atom is -0.328 e. The zero-order valence-electron chi connectivity index (χ0n) is 10.9. The van der Waals surface area contributed by atoms with Gasteiger partial charge in [-0.05, 0) is 56.5 Å². The lowest BCUT2D eigenvalue weighted by Crippen LogP contribution is -2.31. The second-order valence-electron chi connectivity index (χ2n) is 5.24. The Morgan fingerprint density at radius 3 is 2.67 bits per heavy atom. The van der Waals surface area contributed by atoms with Crippen molar-refractivity contribution in [2.24, 2.45) is 11.7 Å². The molecule has 1 saturated heterocycles. The quantitative estimate of drug-likeness (QED) is 0.918. The summed E-state index contributed by atoms with van der Waals surface area (Å²) in [5.41, 5.74) is 7.08. The van der Waals surface area contributed by atoms with Gasteiger partial charge in [0.1, 0.15) is 0 Å². The predicted octanol–water partition coefficient (Wildman–Crippen LogP) is 3.72. The lowest BCUT2D eigenvalue weighted by molar-refractivity contribution is 0.248. The van der Waals surface area contributed by atoms with E-state index in [1.54, 1.807) is 0 Å². The van der Waals surface area contributed by atoms with Gasteiger partial charge in [0.2, 0.25) is 0 Å². The van der Waals surface area contributed by atoms with E-state index in [-0.39, 0.29) is 6.04 Å². The topological polar surface area (TPSA) is 29.3 Å². The highest BCUT2D eigenvalue weighted by Gasteiger charge is 2.29. The van der Waals surface area contributed by atoms with E-state index in [1.165, 1.54) is 6.42 Å². The van der Waals surface area contributed by atoms with Crippen molar-refractivity contribution in [2.45, 2.75) is 32.4 Å². The van der Waals surface area contributed by atoms with Crippen LogP contribution >= 0.6 is 23.2 Å². The number of rotatable bonds is 3. The van der Waals surface area contributed by atoms with E-state index >= 15 is 0 Å². The molecular weight excluding hydrogens is 267 g/mol. The molecule has 1 aliphatic heterocycles. The number of hydrogen-bond donors (Lipinski definition) is 1. The third-order valence-corrected chi connectivity index (χ3v) is 4.53. The van der Waals surface area contributed by atoms with Gasteiger partial charge in [-0.15, -0.1) is 0 Å².